The van der Waals surface area contributed by atoms with Gasteiger partial charge in [-0.2, -0.15) is 0 Å². The molecule has 0 unspecified atom stereocenters. The van der Waals surface area contributed by atoms with Gasteiger partial charge in [0.1, 0.15) is 16.7 Å². The molecule has 2 aliphatic rings. The van der Waals surface area contributed by atoms with Crippen molar-refractivity contribution >= 4 is 34.9 Å². The molecule has 2 heterocycles. The van der Waals surface area contributed by atoms with Crippen molar-refractivity contribution in [1.82, 2.24) is 4.90 Å². The zero-order chi connectivity index (χ0) is 20.2. The molecule has 0 spiro atoms. The number of hydrogen-bond acceptors (Lipinski definition) is 6. The van der Waals surface area contributed by atoms with E-state index in [1.807, 2.05) is 54.6 Å². The third-order valence-electron chi connectivity index (χ3n) is 4.65. The molecule has 6 nitrogen and oxygen atoms in total. The first-order chi connectivity index (χ1) is 14.1. The summed E-state index contributed by atoms with van der Waals surface area (Å²) in [5.74, 6) is 0.311. The SMILES string of the molecule is COc1ccc(/C=C2\N=C(S[C@@H]3CCOC3=O)N(Cc3ccccc3)C2=O)cc1. The molecule has 0 bridgehead atoms. The number of carbonyl (C=O) groups is 2. The first kappa shape index (κ1) is 19.3. The van der Waals surface area contributed by atoms with E-state index in [-0.39, 0.29) is 17.1 Å². The van der Waals surface area contributed by atoms with Crippen LogP contribution in [-0.2, 0) is 20.9 Å². The molecule has 2 aromatic carbocycles. The zero-order valence-electron chi connectivity index (χ0n) is 15.9. The molecule has 0 aliphatic carbocycles. The van der Waals surface area contributed by atoms with Crippen LogP contribution < -0.4 is 4.74 Å². The van der Waals surface area contributed by atoms with E-state index in [0.29, 0.717) is 30.4 Å². The molecule has 1 atom stereocenters. The quantitative estimate of drug-likeness (QED) is 0.560. The Hall–Kier alpha value is -3.06. The van der Waals surface area contributed by atoms with Gasteiger partial charge >= 0.3 is 5.97 Å². The van der Waals surface area contributed by atoms with Crippen molar-refractivity contribution in [2.75, 3.05) is 13.7 Å². The van der Waals surface area contributed by atoms with Crippen LogP contribution >= 0.6 is 11.8 Å². The number of thioether (sulfide) groups is 1. The Kier molecular flexibility index (Phi) is 5.67. The third-order valence-corrected chi connectivity index (χ3v) is 5.88. The molecular weight excluding hydrogens is 388 g/mol. The second-order valence-electron chi connectivity index (χ2n) is 6.64. The number of nitrogens with zero attached hydrogens (tertiary/aromatic N) is 2. The van der Waals surface area contributed by atoms with Gasteiger partial charge in [0.05, 0.1) is 20.3 Å². The smallest absolute Gasteiger partial charge is 0.319 e. The molecule has 0 saturated carbocycles. The molecule has 4 rings (SSSR count). The Morgan fingerprint density at radius 2 is 1.93 bits per heavy atom. The molecule has 0 aromatic heterocycles. The maximum atomic E-state index is 13.1. The second-order valence-corrected chi connectivity index (χ2v) is 7.81. The number of carbonyl (C=O) groups excluding carboxylic acids is 2. The van der Waals surface area contributed by atoms with Gasteiger partial charge in [-0.25, -0.2) is 4.99 Å². The van der Waals surface area contributed by atoms with Gasteiger partial charge in [0.2, 0.25) is 0 Å². The van der Waals surface area contributed by atoms with Crippen LogP contribution in [0.25, 0.3) is 6.08 Å². The summed E-state index contributed by atoms with van der Waals surface area (Å²) in [6.45, 7) is 0.804. The molecule has 148 valence electrons. The van der Waals surface area contributed by atoms with E-state index in [9.17, 15) is 9.59 Å². The van der Waals surface area contributed by atoms with Gasteiger partial charge in [-0.1, -0.05) is 54.2 Å². The molecule has 7 heteroatoms. The molecule has 0 radical (unpaired) electrons. The number of amides is 1. The second kappa shape index (κ2) is 8.53. The molecular formula is C22H20N2O4S. The number of esters is 1. The molecule has 2 aromatic rings. The standard InChI is InChI=1S/C22H20N2O4S/c1-27-17-9-7-15(8-10-17)13-18-20(25)24(14-16-5-3-2-4-6-16)22(23-18)29-19-11-12-28-21(19)26/h2-10,13,19H,11-12,14H2,1H3/b18-13-/t19-/m1/s1. The summed E-state index contributed by atoms with van der Waals surface area (Å²) in [5.41, 5.74) is 2.19. The fourth-order valence-electron chi connectivity index (χ4n) is 3.10. The van der Waals surface area contributed by atoms with Gasteiger partial charge < -0.3 is 9.47 Å². The summed E-state index contributed by atoms with van der Waals surface area (Å²) in [4.78, 5) is 31.2. The minimum atomic E-state index is -0.333. The molecule has 1 amide bonds. The van der Waals surface area contributed by atoms with Crippen LogP contribution in [0.4, 0.5) is 0 Å². The number of cyclic esters (lactones) is 1. The minimum absolute atomic E-state index is 0.182. The monoisotopic (exact) mass is 408 g/mol. The molecule has 1 fully saturated rings. The van der Waals surface area contributed by atoms with Crippen molar-refractivity contribution in [3.63, 3.8) is 0 Å². The van der Waals surface area contributed by atoms with Crippen LogP contribution in [0.5, 0.6) is 5.75 Å². The van der Waals surface area contributed by atoms with Crippen molar-refractivity contribution < 1.29 is 19.1 Å². The number of ether oxygens (including phenoxy) is 2. The fraction of sp³-hybridized carbons (Fsp3) is 0.227. The lowest BCUT2D eigenvalue weighted by Gasteiger charge is -2.18. The number of amidine groups is 1. The first-order valence-corrected chi connectivity index (χ1v) is 10.2. The van der Waals surface area contributed by atoms with E-state index in [0.717, 1.165) is 16.9 Å². The van der Waals surface area contributed by atoms with E-state index >= 15 is 0 Å². The topological polar surface area (TPSA) is 68.2 Å². The largest absolute Gasteiger partial charge is 0.497 e. The minimum Gasteiger partial charge on any atom is -0.497 e. The van der Waals surface area contributed by atoms with Crippen molar-refractivity contribution in [2.45, 2.75) is 18.2 Å². The van der Waals surface area contributed by atoms with Crippen molar-refractivity contribution in [2.24, 2.45) is 4.99 Å². The normalized spacial score (nSPS) is 20.2. The highest BCUT2D eigenvalue weighted by Crippen LogP contribution is 2.31. The summed E-state index contributed by atoms with van der Waals surface area (Å²) in [7, 11) is 1.61. The number of benzene rings is 2. The van der Waals surface area contributed by atoms with Gasteiger partial charge in [0.15, 0.2) is 5.17 Å². The van der Waals surface area contributed by atoms with Crippen molar-refractivity contribution in [3.8, 4) is 5.75 Å². The Morgan fingerprint density at radius 1 is 1.17 bits per heavy atom. The number of aliphatic imine (C=N–C) groups is 1. The fourth-order valence-corrected chi connectivity index (χ4v) is 4.15. The maximum absolute atomic E-state index is 13.1. The lowest BCUT2D eigenvalue weighted by atomic mass is 10.1. The van der Waals surface area contributed by atoms with E-state index < -0.39 is 0 Å². The summed E-state index contributed by atoms with van der Waals surface area (Å²) in [6, 6.07) is 17.1. The molecule has 1 saturated heterocycles. The van der Waals surface area contributed by atoms with Gasteiger partial charge in [0, 0.05) is 6.42 Å². The van der Waals surface area contributed by atoms with Gasteiger partial charge in [0.25, 0.3) is 5.91 Å². The maximum Gasteiger partial charge on any atom is 0.319 e. The average molecular weight is 408 g/mol. The Bertz CT molecular complexity index is 970. The highest BCUT2D eigenvalue weighted by molar-refractivity contribution is 8.15. The summed E-state index contributed by atoms with van der Waals surface area (Å²) >= 11 is 1.29. The highest BCUT2D eigenvalue weighted by Gasteiger charge is 2.36. The van der Waals surface area contributed by atoms with Gasteiger partial charge in [-0.05, 0) is 29.3 Å². The van der Waals surface area contributed by atoms with Gasteiger partial charge in [-0.3, -0.25) is 14.5 Å². The van der Waals surface area contributed by atoms with Crippen LogP contribution in [0.2, 0.25) is 0 Å². The van der Waals surface area contributed by atoms with E-state index in [1.54, 1.807) is 18.1 Å². The number of methoxy groups -OCH3 is 1. The van der Waals surface area contributed by atoms with E-state index in [1.165, 1.54) is 11.8 Å². The van der Waals surface area contributed by atoms with Crippen LogP contribution in [0, 0.1) is 0 Å². The lowest BCUT2D eigenvalue weighted by Crippen LogP contribution is -2.31. The predicted octanol–water partition coefficient (Wildman–Crippen LogP) is 3.48. The third kappa shape index (κ3) is 4.35. The molecule has 29 heavy (non-hydrogen) atoms. The average Bonchev–Trinajstić information content (AvgIpc) is 3.28. The molecule has 2 aliphatic heterocycles. The Morgan fingerprint density at radius 3 is 2.59 bits per heavy atom. The van der Waals surface area contributed by atoms with E-state index in [4.69, 9.17) is 9.47 Å². The summed E-state index contributed by atoms with van der Waals surface area (Å²) < 4.78 is 10.2. The summed E-state index contributed by atoms with van der Waals surface area (Å²) in [6.07, 6.45) is 2.37. The molecule has 0 N–H and O–H groups in total. The zero-order valence-corrected chi connectivity index (χ0v) is 16.7. The van der Waals surface area contributed by atoms with Crippen LogP contribution in [-0.4, -0.2) is 40.9 Å². The number of hydrogen-bond donors (Lipinski definition) is 0. The Labute approximate surface area is 173 Å². The first-order valence-electron chi connectivity index (χ1n) is 9.27. The lowest BCUT2D eigenvalue weighted by molar-refractivity contribution is -0.137. The predicted molar refractivity (Wildman–Crippen MR) is 112 cm³/mol. The van der Waals surface area contributed by atoms with E-state index in [2.05, 4.69) is 4.99 Å². The Balaban J connectivity index is 1.62. The van der Waals surface area contributed by atoms with Crippen LogP contribution in [0.15, 0.2) is 65.3 Å². The van der Waals surface area contributed by atoms with Crippen molar-refractivity contribution in [1.29, 1.82) is 0 Å². The van der Waals surface area contributed by atoms with Crippen LogP contribution in [0.3, 0.4) is 0 Å². The van der Waals surface area contributed by atoms with Crippen molar-refractivity contribution in [3.05, 3.63) is 71.4 Å². The van der Waals surface area contributed by atoms with Gasteiger partial charge in [-0.15, -0.1) is 0 Å². The number of rotatable bonds is 5. The highest BCUT2D eigenvalue weighted by atomic mass is 32.2. The summed E-state index contributed by atoms with van der Waals surface area (Å²) in [5, 5.41) is 0.197. The van der Waals surface area contributed by atoms with Crippen LogP contribution in [0.1, 0.15) is 17.5 Å².